The molecule has 5 rings (SSSR count). The zero-order chi connectivity index (χ0) is 24.5. The molecule has 0 bridgehead atoms. The molecule has 3 aromatic carbocycles. The molecule has 5 aromatic rings. The number of hydrogen-bond acceptors (Lipinski definition) is 6. The summed E-state index contributed by atoms with van der Waals surface area (Å²) in [5, 5.41) is 0.464. The normalized spacial score (nSPS) is 11.2. The van der Waals surface area contributed by atoms with Gasteiger partial charge in [0.25, 0.3) is 5.56 Å². The van der Waals surface area contributed by atoms with Crippen LogP contribution in [0.15, 0.2) is 82.7 Å². The van der Waals surface area contributed by atoms with E-state index >= 15 is 0 Å². The molecule has 0 aliphatic carbocycles. The van der Waals surface area contributed by atoms with Gasteiger partial charge in [-0.25, -0.2) is 9.37 Å². The van der Waals surface area contributed by atoms with Crippen molar-refractivity contribution in [3.8, 4) is 17.1 Å². The molecular formula is C26H20FN3O2S3. The Morgan fingerprint density at radius 1 is 1.03 bits per heavy atom. The van der Waals surface area contributed by atoms with Gasteiger partial charge in [0.15, 0.2) is 14.8 Å². The lowest BCUT2D eigenvalue weighted by Gasteiger charge is -2.15. The Bertz CT molecular complexity index is 1670. The van der Waals surface area contributed by atoms with Crippen molar-refractivity contribution in [3.05, 3.63) is 104 Å². The van der Waals surface area contributed by atoms with E-state index in [4.69, 9.17) is 21.9 Å². The molecule has 0 spiro atoms. The van der Waals surface area contributed by atoms with Crippen LogP contribution in [0.2, 0.25) is 0 Å². The number of methoxy groups -OCH3 is 1. The maximum atomic E-state index is 13.9. The second-order valence-corrected chi connectivity index (χ2v) is 10.4. The van der Waals surface area contributed by atoms with Crippen molar-refractivity contribution in [1.82, 2.24) is 14.1 Å². The molecule has 0 radical (unpaired) electrons. The lowest BCUT2D eigenvalue weighted by molar-refractivity contribution is 0.411. The SMILES string of the molecule is COc1ccccc1-n1c(SCc2cccc(F)c2)nc2c(sc(=S)n2-c2ccccc2C)c1=O. The third-order valence-corrected chi connectivity index (χ3v) is 7.88. The highest BCUT2D eigenvalue weighted by molar-refractivity contribution is 7.98. The molecule has 0 amide bonds. The van der Waals surface area contributed by atoms with Gasteiger partial charge >= 0.3 is 0 Å². The van der Waals surface area contributed by atoms with E-state index in [0.29, 0.717) is 36.6 Å². The third kappa shape index (κ3) is 4.42. The van der Waals surface area contributed by atoms with E-state index in [0.717, 1.165) is 16.8 Å². The van der Waals surface area contributed by atoms with E-state index in [-0.39, 0.29) is 11.4 Å². The predicted octanol–water partition coefficient (Wildman–Crippen LogP) is 6.72. The van der Waals surface area contributed by atoms with Crippen LogP contribution in [0.3, 0.4) is 0 Å². The summed E-state index contributed by atoms with van der Waals surface area (Å²) < 4.78 is 23.7. The van der Waals surface area contributed by atoms with Crippen LogP contribution in [0.5, 0.6) is 5.75 Å². The number of halogens is 1. The fourth-order valence-corrected chi connectivity index (χ4v) is 6.09. The number of aryl methyl sites for hydroxylation is 1. The first kappa shape index (κ1) is 23.5. The summed E-state index contributed by atoms with van der Waals surface area (Å²) in [7, 11) is 1.56. The summed E-state index contributed by atoms with van der Waals surface area (Å²) in [6, 6.07) is 21.6. The molecule has 35 heavy (non-hydrogen) atoms. The molecule has 0 fully saturated rings. The first-order chi connectivity index (χ1) is 17.0. The number of para-hydroxylation sites is 3. The number of thioether (sulfide) groups is 1. The maximum Gasteiger partial charge on any atom is 0.278 e. The number of hydrogen-bond donors (Lipinski definition) is 0. The van der Waals surface area contributed by atoms with Crippen molar-refractivity contribution in [2.24, 2.45) is 0 Å². The van der Waals surface area contributed by atoms with E-state index < -0.39 is 0 Å². The summed E-state index contributed by atoms with van der Waals surface area (Å²) in [5.41, 5.74) is 3.55. The van der Waals surface area contributed by atoms with E-state index in [2.05, 4.69) is 0 Å². The second kappa shape index (κ2) is 9.77. The van der Waals surface area contributed by atoms with Crippen LogP contribution in [0.1, 0.15) is 11.1 Å². The van der Waals surface area contributed by atoms with Crippen LogP contribution in [-0.4, -0.2) is 21.2 Å². The summed E-state index contributed by atoms with van der Waals surface area (Å²) in [5.74, 6) is 0.671. The van der Waals surface area contributed by atoms with Gasteiger partial charge in [-0.15, -0.1) is 0 Å². The largest absolute Gasteiger partial charge is 0.495 e. The number of aromatic nitrogens is 3. The first-order valence-electron chi connectivity index (χ1n) is 10.7. The standard InChI is InChI=1S/C26H20FN3O2S3/c1-16-8-3-4-11-19(16)29-23-22(35-26(29)33)24(31)30(20-12-5-6-13-21(20)32-2)25(28-23)34-15-17-9-7-10-18(27)14-17/h3-14H,15H2,1-2H3. The Hall–Kier alpha value is -3.27. The number of thiazole rings is 1. The molecule has 9 heteroatoms. The molecule has 176 valence electrons. The fraction of sp³-hybridized carbons (Fsp3) is 0.115. The Morgan fingerprint density at radius 2 is 1.77 bits per heavy atom. The summed E-state index contributed by atoms with van der Waals surface area (Å²) in [6.45, 7) is 2.00. The number of fused-ring (bicyclic) bond motifs is 1. The maximum absolute atomic E-state index is 13.9. The average Bonchev–Trinajstić information content (AvgIpc) is 3.19. The zero-order valence-corrected chi connectivity index (χ0v) is 21.3. The van der Waals surface area contributed by atoms with E-state index in [1.165, 1.54) is 35.2 Å². The first-order valence-corrected chi connectivity index (χ1v) is 12.9. The minimum Gasteiger partial charge on any atom is -0.495 e. The quantitative estimate of drug-likeness (QED) is 0.141. The highest BCUT2D eigenvalue weighted by Crippen LogP contribution is 2.32. The Balaban J connectivity index is 1.77. The molecule has 2 heterocycles. The lowest BCUT2D eigenvalue weighted by atomic mass is 10.2. The van der Waals surface area contributed by atoms with Gasteiger partial charge in [-0.1, -0.05) is 65.6 Å². The van der Waals surface area contributed by atoms with Crippen molar-refractivity contribution >= 4 is 45.7 Å². The topological polar surface area (TPSA) is 49.0 Å². The Labute approximate surface area is 214 Å². The van der Waals surface area contributed by atoms with Gasteiger partial charge in [0.2, 0.25) is 0 Å². The fourth-order valence-electron chi connectivity index (χ4n) is 3.86. The molecular weight excluding hydrogens is 502 g/mol. The summed E-state index contributed by atoms with van der Waals surface area (Å²) >= 11 is 8.28. The molecule has 5 nitrogen and oxygen atoms in total. The molecule has 0 aliphatic heterocycles. The van der Waals surface area contributed by atoms with Gasteiger partial charge in [-0.05, 0) is 60.6 Å². The smallest absolute Gasteiger partial charge is 0.278 e. The highest BCUT2D eigenvalue weighted by Gasteiger charge is 2.21. The minimum absolute atomic E-state index is 0.232. The number of nitrogens with zero attached hydrogens (tertiary/aromatic N) is 3. The third-order valence-electron chi connectivity index (χ3n) is 5.52. The molecule has 0 saturated heterocycles. The van der Waals surface area contributed by atoms with Gasteiger partial charge in [-0.2, -0.15) is 0 Å². The van der Waals surface area contributed by atoms with Crippen LogP contribution < -0.4 is 10.3 Å². The van der Waals surface area contributed by atoms with Crippen LogP contribution >= 0.6 is 35.3 Å². The van der Waals surface area contributed by atoms with Gasteiger partial charge in [0.1, 0.15) is 16.3 Å². The van der Waals surface area contributed by atoms with Crippen LogP contribution in [0.4, 0.5) is 4.39 Å². The van der Waals surface area contributed by atoms with E-state index in [1.54, 1.807) is 23.8 Å². The van der Waals surface area contributed by atoms with Crippen LogP contribution in [0.25, 0.3) is 21.7 Å². The molecule has 0 N–H and O–H groups in total. The van der Waals surface area contributed by atoms with Crippen molar-refractivity contribution in [2.75, 3.05) is 7.11 Å². The van der Waals surface area contributed by atoms with Crippen molar-refractivity contribution in [1.29, 1.82) is 0 Å². The molecule has 0 saturated carbocycles. The summed E-state index contributed by atoms with van der Waals surface area (Å²) in [4.78, 5) is 18.9. The lowest BCUT2D eigenvalue weighted by Crippen LogP contribution is -2.22. The summed E-state index contributed by atoms with van der Waals surface area (Å²) in [6.07, 6.45) is 0. The predicted molar refractivity (Wildman–Crippen MR) is 143 cm³/mol. The van der Waals surface area contributed by atoms with E-state index in [1.807, 2.05) is 60.0 Å². The van der Waals surface area contributed by atoms with Crippen molar-refractivity contribution < 1.29 is 9.13 Å². The van der Waals surface area contributed by atoms with Gasteiger partial charge in [-0.3, -0.25) is 13.9 Å². The number of ether oxygens (including phenoxy) is 1. The van der Waals surface area contributed by atoms with Crippen molar-refractivity contribution in [2.45, 2.75) is 17.8 Å². The van der Waals surface area contributed by atoms with Crippen LogP contribution in [-0.2, 0) is 5.75 Å². The second-order valence-electron chi connectivity index (χ2n) is 7.77. The molecule has 0 aliphatic rings. The number of rotatable bonds is 6. The zero-order valence-electron chi connectivity index (χ0n) is 18.9. The van der Waals surface area contributed by atoms with E-state index in [9.17, 15) is 9.18 Å². The van der Waals surface area contributed by atoms with Crippen molar-refractivity contribution in [3.63, 3.8) is 0 Å². The number of benzene rings is 3. The van der Waals surface area contributed by atoms with Gasteiger partial charge in [0, 0.05) is 5.75 Å². The Morgan fingerprint density at radius 3 is 2.51 bits per heavy atom. The Kier molecular flexibility index (Phi) is 6.55. The monoisotopic (exact) mass is 521 g/mol. The van der Waals surface area contributed by atoms with Crippen LogP contribution in [0, 0.1) is 16.7 Å². The molecule has 0 unspecified atom stereocenters. The van der Waals surface area contributed by atoms with Gasteiger partial charge in [0.05, 0.1) is 18.5 Å². The molecule has 0 atom stereocenters. The van der Waals surface area contributed by atoms with Gasteiger partial charge < -0.3 is 4.74 Å². The molecule has 2 aromatic heterocycles. The highest BCUT2D eigenvalue weighted by atomic mass is 32.2. The minimum atomic E-state index is -0.306. The average molecular weight is 522 g/mol.